The molecule has 4 heteroatoms. The minimum absolute atomic E-state index is 0.563. The van der Waals surface area contributed by atoms with Gasteiger partial charge in [-0.05, 0) is 54.2 Å². The third-order valence-electron chi connectivity index (χ3n) is 4.54. The van der Waals surface area contributed by atoms with Gasteiger partial charge in [0.15, 0.2) is 0 Å². The third-order valence-corrected chi connectivity index (χ3v) is 5.67. The van der Waals surface area contributed by atoms with E-state index in [1.165, 1.54) is 41.4 Å². The van der Waals surface area contributed by atoms with Crippen molar-refractivity contribution < 1.29 is 0 Å². The number of hydrogen-bond acceptors (Lipinski definition) is 3. The second-order valence-corrected chi connectivity index (χ2v) is 7.19. The fourth-order valence-electron chi connectivity index (χ4n) is 3.19. The first kappa shape index (κ1) is 17.0. The van der Waals surface area contributed by atoms with Crippen molar-refractivity contribution >= 4 is 28.4 Å². The van der Waals surface area contributed by atoms with Crippen LogP contribution in [-0.2, 0) is 6.42 Å². The normalized spacial score (nSPS) is 22.3. The molecule has 0 spiro atoms. The first-order valence-electron chi connectivity index (χ1n) is 8.49. The maximum atomic E-state index is 4.89. The van der Waals surface area contributed by atoms with Crippen molar-refractivity contribution in [2.24, 2.45) is 5.92 Å². The van der Waals surface area contributed by atoms with Gasteiger partial charge in [-0.15, -0.1) is 0 Å². The molecule has 1 aliphatic rings. The Kier molecular flexibility index (Phi) is 6.71. The molecule has 0 aliphatic heterocycles. The Labute approximate surface area is 142 Å². The maximum absolute atomic E-state index is 4.89. The lowest BCUT2D eigenvalue weighted by molar-refractivity contribution is 0.307. The molecule has 2 atom stereocenters. The van der Waals surface area contributed by atoms with Crippen LogP contribution in [-0.4, -0.2) is 16.5 Å². The lowest BCUT2D eigenvalue weighted by Crippen LogP contribution is -2.18. The molecular weight excluding hydrogens is 373 g/mol. The zero-order chi connectivity index (χ0) is 15.2. The van der Waals surface area contributed by atoms with E-state index in [9.17, 15) is 0 Å². The molecule has 21 heavy (non-hydrogen) atoms. The summed E-state index contributed by atoms with van der Waals surface area (Å²) in [5, 5.41) is 3.48. The summed E-state index contributed by atoms with van der Waals surface area (Å²) in [6.45, 7) is 7.68. The Bertz CT molecular complexity index is 462. The van der Waals surface area contributed by atoms with E-state index in [0.29, 0.717) is 5.92 Å². The van der Waals surface area contributed by atoms with E-state index in [1.54, 1.807) is 0 Å². The summed E-state index contributed by atoms with van der Waals surface area (Å²) in [4.78, 5) is 9.77. The summed E-state index contributed by atoms with van der Waals surface area (Å²) in [5.74, 6) is 3.57. The van der Waals surface area contributed by atoms with Crippen LogP contribution in [0.1, 0.15) is 76.7 Å². The number of aryl methyl sites for hydroxylation is 1. The molecule has 0 aromatic carbocycles. The first-order valence-corrected chi connectivity index (χ1v) is 9.57. The van der Waals surface area contributed by atoms with Crippen LogP contribution in [0.5, 0.6) is 0 Å². The molecule has 1 aromatic rings. The predicted octanol–water partition coefficient (Wildman–Crippen LogP) is 5.15. The molecule has 1 heterocycles. The highest BCUT2D eigenvalue weighted by Crippen LogP contribution is 2.37. The average molecular weight is 401 g/mol. The Morgan fingerprint density at radius 1 is 1.19 bits per heavy atom. The van der Waals surface area contributed by atoms with Crippen LogP contribution in [0, 0.1) is 9.49 Å². The van der Waals surface area contributed by atoms with E-state index < -0.39 is 0 Å². The highest BCUT2D eigenvalue weighted by atomic mass is 127. The van der Waals surface area contributed by atoms with E-state index in [2.05, 4.69) is 48.7 Å². The van der Waals surface area contributed by atoms with Gasteiger partial charge in [-0.1, -0.05) is 40.0 Å². The van der Waals surface area contributed by atoms with Gasteiger partial charge in [-0.3, -0.25) is 0 Å². The Hall–Kier alpha value is -0.390. The summed E-state index contributed by atoms with van der Waals surface area (Å²) in [6.07, 6.45) is 8.65. The maximum Gasteiger partial charge on any atom is 0.143 e. The molecule has 0 saturated heterocycles. The van der Waals surface area contributed by atoms with Gasteiger partial charge in [0, 0.05) is 12.5 Å². The van der Waals surface area contributed by atoms with Crippen molar-refractivity contribution in [1.82, 2.24) is 9.97 Å². The second-order valence-electron chi connectivity index (χ2n) is 6.11. The molecule has 0 bridgehead atoms. The molecule has 1 fully saturated rings. The molecule has 2 rings (SSSR count). The number of rotatable bonds is 6. The summed E-state index contributed by atoms with van der Waals surface area (Å²) in [5.41, 5.74) is 1.21. The van der Waals surface area contributed by atoms with Gasteiger partial charge >= 0.3 is 0 Å². The molecule has 1 aliphatic carbocycles. The summed E-state index contributed by atoms with van der Waals surface area (Å²) in [6, 6.07) is 0. The van der Waals surface area contributed by atoms with Crippen molar-refractivity contribution in [3.05, 3.63) is 15.1 Å². The van der Waals surface area contributed by atoms with Crippen LogP contribution < -0.4 is 5.32 Å². The highest BCUT2D eigenvalue weighted by molar-refractivity contribution is 14.1. The van der Waals surface area contributed by atoms with Crippen LogP contribution in [0.15, 0.2) is 0 Å². The van der Waals surface area contributed by atoms with Gasteiger partial charge in [-0.25, -0.2) is 9.97 Å². The second kappa shape index (κ2) is 8.30. The van der Waals surface area contributed by atoms with Gasteiger partial charge in [-0.2, -0.15) is 0 Å². The molecular formula is C17H28IN3. The first-order chi connectivity index (χ1) is 10.2. The van der Waals surface area contributed by atoms with Crippen LogP contribution in [0.3, 0.4) is 0 Å². The quantitative estimate of drug-likeness (QED) is 0.670. The number of nitrogens with zero attached hydrogens (tertiary/aromatic N) is 2. The molecule has 1 aromatic heterocycles. The van der Waals surface area contributed by atoms with Crippen molar-refractivity contribution in [3.63, 3.8) is 0 Å². The van der Waals surface area contributed by atoms with E-state index in [4.69, 9.17) is 9.97 Å². The number of hydrogen-bond donors (Lipinski definition) is 1. The molecule has 118 valence electrons. The highest BCUT2D eigenvalue weighted by Gasteiger charge is 2.25. The zero-order valence-electron chi connectivity index (χ0n) is 13.6. The monoisotopic (exact) mass is 401 g/mol. The van der Waals surface area contributed by atoms with Gasteiger partial charge in [0.05, 0.1) is 9.26 Å². The minimum Gasteiger partial charge on any atom is -0.369 e. The fraction of sp³-hybridized carbons (Fsp3) is 0.765. The number of anilines is 1. The van der Waals surface area contributed by atoms with Crippen molar-refractivity contribution in [1.29, 1.82) is 0 Å². The van der Waals surface area contributed by atoms with Crippen LogP contribution >= 0.6 is 22.6 Å². The molecule has 3 nitrogen and oxygen atoms in total. The van der Waals surface area contributed by atoms with Gasteiger partial charge < -0.3 is 5.32 Å². The zero-order valence-corrected chi connectivity index (χ0v) is 15.7. The Balaban J connectivity index is 2.25. The fourth-order valence-corrected chi connectivity index (χ4v) is 4.00. The lowest BCUT2D eigenvalue weighted by Gasteiger charge is -2.28. The van der Waals surface area contributed by atoms with E-state index in [-0.39, 0.29) is 0 Å². The number of aromatic nitrogens is 2. The van der Waals surface area contributed by atoms with Crippen LogP contribution in [0.4, 0.5) is 5.82 Å². The number of halogens is 1. The average Bonchev–Trinajstić information content (AvgIpc) is 2.54. The molecule has 0 radical (unpaired) electrons. The molecule has 0 amide bonds. The third kappa shape index (κ3) is 4.30. The number of nitrogens with one attached hydrogen (secondary N) is 1. The summed E-state index contributed by atoms with van der Waals surface area (Å²) >= 11 is 2.39. The smallest absolute Gasteiger partial charge is 0.143 e. The van der Waals surface area contributed by atoms with Crippen molar-refractivity contribution in [2.45, 2.75) is 71.6 Å². The van der Waals surface area contributed by atoms with Crippen LogP contribution in [0.25, 0.3) is 0 Å². The summed E-state index contributed by atoms with van der Waals surface area (Å²) in [7, 11) is 0. The van der Waals surface area contributed by atoms with E-state index >= 15 is 0 Å². The lowest BCUT2D eigenvalue weighted by atomic mass is 9.80. The molecule has 1 N–H and O–H groups in total. The minimum atomic E-state index is 0.563. The van der Waals surface area contributed by atoms with Gasteiger partial charge in [0.2, 0.25) is 0 Å². The predicted molar refractivity (Wildman–Crippen MR) is 97.9 cm³/mol. The van der Waals surface area contributed by atoms with Gasteiger partial charge in [0.1, 0.15) is 11.6 Å². The SMILES string of the molecule is CCCNc1nc(C2CCCC(CC)C2)nc(CC)c1I. The van der Waals surface area contributed by atoms with E-state index in [1.807, 2.05) is 0 Å². The van der Waals surface area contributed by atoms with Crippen molar-refractivity contribution in [2.75, 3.05) is 11.9 Å². The van der Waals surface area contributed by atoms with Crippen LogP contribution in [0.2, 0.25) is 0 Å². The topological polar surface area (TPSA) is 37.8 Å². The Morgan fingerprint density at radius 2 is 2.00 bits per heavy atom. The summed E-state index contributed by atoms with van der Waals surface area (Å²) < 4.78 is 1.20. The van der Waals surface area contributed by atoms with Gasteiger partial charge in [0.25, 0.3) is 0 Å². The largest absolute Gasteiger partial charge is 0.369 e. The molecule has 2 unspecified atom stereocenters. The Morgan fingerprint density at radius 3 is 2.67 bits per heavy atom. The van der Waals surface area contributed by atoms with Crippen molar-refractivity contribution in [3.8, 4) is 0 Å². The van der Waals surface area contributed by atoms with E-state index in [0.717, 1.165) is 36.9 Å². The standard InChI is InChI=1S/C17H28IN3/c1-4-10-19-17-15(18)14(6-3)20-16(21-17)13-9-7-8-12(5-2)11-13/h12-13H,4-11H2,1-3H3,(H,19,20,21). The molecule has 1 saturated carbocycles.